The lowest BCUT2D eigenvalue weighted by molar-refractivity contribution is -0.156. The van der Waals surface area contributed by atoms with E-state index in [1.807, 2.05) is 0 Å². The van der Waals surface area contributed by atoms with Crippen molar-refractivity contribution in [1.82, 2.24) is 0 Å². The third-order valence-corrected chi connectivity index (χ3v) is 1.05. The SMILES string of the molecule is C=C(C)C(=O)OCC(=O)OCCN. The second-order valence-corrected chi connectivity index (χ2v) is 2.37. The first-order valence-electron chi connectivity index (χ1n) is 3.76. The number of ether oxygens (including phenoxy) is 2. The van der Waals surface area contributed by atoms with Gasteiger partial charge in [-0.05, 0) is 6.92 Å². The van der Waals surface area contributed by atoms with Crippen LogP contribution < -0.4 is 5.73 Å². The fourth-order valence-electron chi connectivity index (χ4n) is 0.462. The highest BCUT2D eigenvalue weighted by molar-refractivity contribution is 5.88. The minimum atomic E-state index is -0.611. The van der Waals surface area contributed by atoms with Gasteiger partial charge in [-0.2, -0.15) is 0 Å². The number of hydrogen-bond donors (Lipinski definition) is 1. The Morgan fingerprint density at radius 1 is 1.38 bits per heavy atom. The highest BCUT2D eigenvalue weighted by atomic mass is 16.6. The van der Waals surface area contributed by atoms with E-state index in [-0.39, 0.29) is 18.7 Å². The van der Waals surface area contributed by atoms with Gasteiger partial charge in [-0.15, -0.1) is 0 Å². The number of carbonyl (C=O) groups is 2. The number of rotatable bonds is 5. The van der Waals surface area contributed by atoms with E-state index in [4.69, 9.17) is 5.73 Å². The van der Waals surface area contributed by atoms with Gasteiger partial charge in [0.2, 0.25) is 0 Å². The predicted molar refractivity (Wildman–Crippen MR) is 45.8 cm³/mol. The molecular formula is C8H13NO4. The summed E-state index contributed by atoms with van der Waals surface area (Å²) in [4.78, 5) is 21.5. The number of esters is 2. The second kappa shape index (κ2) is 6.19. The Hall–Kier alpha value is -1.36. The largest absolute Gasteiger partial charge is 0.462 e. The lowest BCUT2D eigenvalue weighted by atomic mass is 10.4. The van der Waals surface area contributed by atoms with Crippen molar-refractivity contribution in [3.05, 3.63) is 12.2 Å². The standard InChI is InChI=1S/C8H13NO4/c1-6(2)8(11)13-5-7(10)12-4-3-9/h1,3-5,9H2,2H3. The summed E-state index contributed by atoms with van der Waals surface area (Å²) < 4.78 is 9.06. The van der Waals surface area contributed by atoms with E-state index >= 15 is 0 Å². The zero-order valence-electron chi connectivity index (χ0n) is 7.54. The van der Waals surface area contributed by atoms with Crippen molar-refractivity contribution < 1.29 is 19.1 Å². The van der Waals surface area contributed by atoms with Crippen LogP contribution in [0.3, 0.4) is 0 Å². The van der Waals surface area contributed by atoms with Crippen molar-refractivity contribution in [2.75, 3.05) is 19.8 Å². The minimum absolute atomic E-state index is 0.128. The van der Waals surface area contributed by atoms with Gasteiger partial charge < -0.3 is 15.2 Å². The van der Waals surface area contributed by atoms with Crippen LogP contribution in [0.25, 0.3) is 0 Å². The molecular weight excluding hydrogens is 174 g/mol. The van der Waals surface area contributed by atoms with Crippen LogP contribution in [-0.2, 0) is 19.1 Å². The predicted octanol–water partition coefficient (Wildman–Crippen LogP) is -0.392. The smallest absolute Gasteiger partial charge is 0.344 e. The molecule has 5 nitrogen and oxygen atoms in total. The molecule has 5 heteroatoms. The van der Waals surface area contributed by atoms with Gasteiger partial charge in [0.05, 0.1) is 0 Å². The molecule has 0 aliphatic heterocycles. The van der Waals surface area contributed by atoms with Gasteiger partial charge in [-0.3, -0.25) is 0 Å². The van der Waals surface area contributed by atoms with E-state index in [9.17, 15) is 9.59 Å². The van der Waals surface area contributed by atoms with E-state index in [0.29, 0.717) is 0 Å². The van der Waals surface area contributed by atoms with Crippen LogP contribution in [0.5, 0.6) is 0 Å². The average molecular weight is 187 g/mol. The van der Waals surface area contributed by atoms with Gasteiger partial charge in [0.15, 0.2) is 6.61 Å². The molecule has 0 saturated carbocycles. The van der Waals surface area contributed by atoms with Gasteiger partial charge in [0.25, 0.3) is 0 Å². The summed E-state index contributed by atoms with van der Waals surface area (Å²) in [5.74, 6) is -1.22. The first-order chi connectivity index (χ1) is 6.07. The summed E-state index contributed by atoms with van der Waals surface area (Å²) in [5, 5.41) is 0. The summed E-state index contributed by atoms with van der Waals surface area (Å²) in [5.41, 5.74) is 5.32. The van der Waals surface area contributed by atoms with Gasteiger partial charge in [-0.1, -0.05) is 6.58 Å². The van der Waals surface area contributed by atoms with E-state index in [0.717, 1.165) is 0 Å². The molecule has 0 rings (SSSR count). The van der Waals surface area contributed by atoms with Crippen LogP contribution in [0, 0.1) is 0 Å². The highest BCUT2D eigenvalue weighted by Gasteiger charge is 2.07. The molecule has 0 saturated heterocycles. The highest BCUT2D eigenvalue weighted by Crippen LogP contribution is 1.92. The van der Waals surface area contributed by atoms with Crippen LogP contribution in [0.1, 0.15) is 6.92 Å². The molecule has 0 aromatic rings. The van der Waals surface area contributed by atoms with Crippen LogP contribution in [0.4, 0.5) is 0 Å². The molecule has 2 N–H and O–H groups in total. The average Bonchev–Trinajstić information content (AvgIpc) is 2.10. The lowest BCUT2D eigenvalue weighted by Crippen LogP contribution is -2.19. The van der Waals surface area contributed by atoms with Crippen molar-refractivity contribution >= 4 is 11.9 Å². The Bertz CT molecular complexity index is 212. The maximum atomic E-state index is 10.8. The zero-order chi connectivity index (χ0) is 10.3. The third kappa shape index (κ3) is 5.86. The van der Waals surface area contributed by atoms with Crippen LogP contribution >= 0.6 is 0 Å². The van der Waals surface area contributed by atoms with Crippen LogP contribution in [0.15, 0.2) is 12.2 Å². The summed E-state index contributed by atoms with van der Waals surface area (Å²) in [6.45, 7) is 4.82. The Morgan fingerprint density at radius 3 is 2.46 bits per heavy atom. The molecule has 0 aliphatic rings. The van der Waals surface area contributed by atoms with E-state index in [1.54, 1.807) is 0 Å². The molecule has 0 atom stereocenters. The fourth-order valence-corrected chi connectivity index (χ4v) is 0.462. The maximum absolute atomic E-state index is 10.8. The van der Waals surface area contributed by atoms with Crippen LogP contribution in [-0.4, -0.2) is 31.7 Å². The summed E-state index contributed by atoms with van der Waals surface area (Å²) in [7, 11) is 0. The van der Waals surface area contributed by atoms with Crippen molar-refractivity contribution in [1.29, 1.82) is 0 Å². The Morgan fingerprint density at radius 2 is 2.00 bits per heavy atom. The summed E-state index contributed by atoms with van der Waals surface area (Å²) in [6, 6.07) is 0. The topological polar surface area (TPSA) is 78.6 Å². The van der Waals surface area contributed by atoms with Crippen molar-refractivity contribution in [3.8, 4) is 0 Å². The van der Waals surface area contributed by atoms with Crippen molar-refractivity contribution in [3.63, 3.8) is 0 Å². The molecule has 0 aromatic carbocycles. The Labute approximate surface area is 76.5 Å². The van der Waals surface area contributed by atoms with Crippen molar-refractivity contribution in [2.24, 2.45) is 5.73 Å². The number of nitrogens with two attached hydrogens (primary N) is 1. The molecule has 0 radical (unpaired) electrons. The van der Waals surface area contributed by atoms with Crippen LogP contribution in [0.2, 0.25) is 0 Å². The van der Waals surface area contributed by atoms with Crippen molar-refractivity contribution in [2.45, 2.75) is 6.92 Å². The fraction of sp³-hybridized carbons (Fsp3) is 0.500. The Balaban J connectivity index is 3.58. The first-order valence-corrected chi connectivity index (χ1v) is 3.76. The van der Waals surface area contributed by atoms with E-state index < -0.39 is 18.5 Å². The molecule has 13 heavy (non-hydrogen) atoms. The normalized spacial score (nSPS) is 9.08. The molecule has 0 aromatic heterocycles. The number of carbonyl (C=O) groups excluding carboxylic acids is 2. The maximum Gasteiger partial charge on any atom is 0.344 e. The third-order valence-electron chi connectivity index (χ3n) is 1.05. The summed E-state index contributed by atoms with van der Waals surface area (Å²) in [6.07, 6.45) is 0. The Kier molecular flexibility index (Phi) is 5.54. The van der Waals surface area contributed by atoms with Gasteiger partial charge in [0, 0.05) is 12.1 Å². The monoisotopic (exact) mass is 187 g/mol. The second-order valence-electron chi connectivity index (χ2n) is 2.37. The molecule has 0 heterocycles. The molecule has 74 valence electrons. The van der Waals surface area contributed by atoms with Gasteiger partial charge >= 0.3 is 11.9 Å². The van der Waals surface area contributed by atoms with Gasteiger partial charge in [0.1, 0.15) is 6.61 Å². The molecule has 0 amide bonds. The molecule has 0 spiro atoms. The lowest BCUT2D eigenvalue weighted by Gasteiger charge is -2.04. The molecule has 0 aliphatic carbocycles. The summed E-state index contributed by atoms with van der Waals surface area (Å²) >= 11 is 0. The quantitative estimate of drug-likeness (QED) is 0.468. The zero-order valence-corrected chi connectivity index (χ0v) is 7.54. The van der Waals surface area contributed by atoms with E-state index in [2.05, 4.69) is 16.1 Å². The molecule has 0 fully saturated rings. The van der Waals surface area contributed by atoms with E-state index in [1.165, 1.54) is 6.92 Å². The first kappa shape index (κ1) is 11.6. The number of hydrogen-bond acceptors (Lipinski definition) is 5. The minimum Gasteiger partial charge on any atom is -0.462 e. The van der Waals surface area contributed by atoms with Gasteiger partial charge in [-0.25, -0.2) is 9.59 Å². The molecule has 0 unspecified atom stereocenters. The molecule has 0 bridgehead atoms.